The molecule has 0 aliphatic heterocycles. The van der Waals surface area contributed by atoms with Crippen LogP contribution in [0.1, 0.15) is 108 Å². The van der Waals surface area contributed by atoms with Crippen LogP contribution >= 0.6 is 19.4 Å². The zero-order valence-corrected chi connectivity index (χ0v) is 34.6. The molecule has 3 aliphatic carbocycles. The number of benzene rings is 2. The molecule has 1 aromatic heterocycles. The van der Waals surface area contributed by atoms with Crippen LogP contribution in [-0.2, 0) is 36.9 Å². The standard InChI is InChI=1S/C42H55ClN3O9P/c1-27(26-52-36-14-19-44-35-11-6-8-28(2)37(35)36)22-30-23-29-12-13-33(55-56(50,51)53-21-20-45-39(49)54-40(3,4)5)25-34(29)41(30)15-17-42(18-16-41,38(47)48)46-32-10-7-9-31(43)24-32/h7,9-10,12-14,19,24-25,27-28,30,46H,6,8,11,15-18,20-23,26H2,1-5H3,(H,45,49)(H,47,48)(H,50,51)/t27-,28-,30+,41?,42?/m1/s1. The number of ether oxygens (including phenoxy) is 2. The highest BCUT2D eigenvalue weighted by Gasteiger charge is 2.54. The van der Waals surface area contributed by atoms with Crippen LogP contribution in [0, 0.1) is 11.8 Å². The quantitative estimate of drug-likeness (QED) is 0.0906. The van der Waals surface area contributed by atoms with Gasteiger partial charge < -0.3 is 29.7 Å². The van der Waals surface area contributed by atoms with Crippen LogP contribution in [0.15, 0.2) is 54.7 Å². The summed E-state index contributed by atoms with van der Waals surface area (Å²) < 4.78 is 35.5. The van der Waals surface area contributed by atoms with Crippen LogP contribution in [0.5, 0.6) is 11.5 Å². The summed E-state index contributed by atoms with van der Waals surface area (Å²) in [4.78, 5) is 40.2. The number of hydrogen-bond donors (Lipinski definition) is 4. The average molecular weight is 812 g/mol. The highest BCUT2D eigenvalue weighted by atomic mass is 35.5. The molecule has 4 N–H and O–H groups in total. The summed E-state index contributed by atoms with van der Waals surface area (Å²) in [7, 11) is -4.57. The molecule has 1 amide bonds. The minimum absolute atomic E-state index is 0.0586. The van der Waals surface area contributed by atoms with E-state index in [1.54, 1.807) is 45.0 Å². The summed E-state index contributed by atoms with van der Waals surface area (Å²) in [6.07, 6.45) is 7.84. The van der Waals surface area contributed by atoms with Crippen LogP contribution in [-0.4, -0.2) is 57.9 Å². The highest BCUT2D eigenvalue weighted by Crippen LogP contribution is 2.57. The number of nitrogens with zero attached hydrogens (tertiary/aromatic N) is 1. The van der Waals surface area contributed by atoms with E-state index in [1.165, 1.54) is 5.56 Å². The van der Waals surface area contributed by atoms with Crippen molar-refractivity contribution in [1.82, 2.24) is 10.3 Å². The van der Waals surface area contributed by atoms with Gasteiger partial charge in [0.2, 0.25) is 0 Å². The van der Waals surface area contributed by atoms with E-state index in [9.17, 15) is 24.2 Å². The first-order valence-corrected chi connectivity index (χ1v) is 21.5. The SMILES string of the molecule is C[C@@H](COc1ccnc2c1[C@H](C)CCC2)C[C@H]1Cc2ccc(OP(=O)(O)OCCNC(=O)OC(C)(C)C)cc2C12CCC(Nc1cccc(Cl)c1)(C(=O)O)CC2. The number of halogens is 1. The summed E-state index contributed by atoms with van der Waals surface area (Å²) in [5.74, 6) is 0.900. The lowest BCUT2D eigenvalue weighted by Gasteiger charge is -2.47. The van der Waals surface area contributed by atoms with Gasteiger partial charge in [-0.05, 0) is 149 Å². The third kappa shape index (κ3) is 9.81. The zero-order chi connectivity index (χ0) is 40.3. The lowest BCUT2D eigenvalue weighted by Crippen LogP contribution is -2.53. The number of hydrogen-bond acceptors (Lipinski definition) is 9. The number of aliphatic carboxylic acids is 1. The number of anilines is 1. The summed E-state index contributed by atoms with van der Waals surface area (Å²) >= 11 is 6.26. The van der Waals surface area contributed by atoms with Crippen LogP contribution in [0.2, 0.25) is 5.02 Å². The molecule has 3 aliphatic rings. The van der Waals surface area contributed by atoms with Crippen molar-refractivity contribution in [3.8, 4) is 11.5 Å². The first-order chi connectivity index (χ1) is 26.5. The van der Waals surface area contributed by atoms with Gasteiger partial charge in [-0.1, -0.05) is 37.6 Å². The van der Waals surface area contributed by atoms with E-state index in [4.69, 9.17) is 30.1 Å². The molecule has 0 saturated heterocycles. The molecule has 4 atom stereocenters. The summed E-state index contributed by atoms with van der Waals surface area (Å²) in [6.45, 7) is 9.84. The minimum Gasteiger partial charge on any atom is -0.493 e. The molecule has 1 fully saturated rings. The van der Waals surface area contributed by atoms with Crippen molar-refractivity contribution in [2.75, 3.05) is 25.1 Å². The number of phosphoric ester groups is 1. The number of carboxylic acid groups (broad SMARTS) is 1. The molecule has 14 heteroatoms. The van der Waals surface area contributed by atoms with Crippen molar-refractivity contribution in [2.24, 2.45) is 11.8 Å². The normalized spacial score (nSPS) is 24.6. The van der Waals surface area contributed by atoms with Crippen LogP contribution < -0.4 is 19.9 Å². The van der Waals surface area contributed by atoms with Crippen LogP contribution in [0.3, 0.4) is 0 Å². The number of phosphoric acid groups is 1. The third-order valence-corrected chi connectivity index (χ3v) is 12.7. The Kier molecular flexibility index (Phi) is 12.7. The number of carboxylic acids is 1. The molecule has 1 spiro atoms. The van der Waals surface area contributed by atoms with Crippen molar-refractivity contribution in [3.63, 3.8) is 0 Å². The molecular weight excluding hydrogens is 757 g/mol. The van der Waals surface area contributed by atoms with E-state index < -0.39 is 36.4 Å². The average Bonchev–Trinajstić information content (AvgIpc) is 3.40. The van der Waals surface area contributed by atoms with E-state index in [0.29, 0.717) is 48.9 Å². The number of fused-ring (bicyclic) bond motifs is 3. The molecule has 6 rings (SSSR count). The second-order valence-corrected chi connectivity index (χ2v) is 18.6. The molecule has 1 heterocycles. The molecule has 0 bridgehead atoms. The molecule has 304 valence electrons. The molecule has 0 radical (unpaired) electrons. The number of nitrogens with one attached hydrogen (secondary N) is 2. The largest absolute Gasteiger partial charge is 0.527 e. The molecule has 1 unspecified atom stereocenters. The van der Waals surface area contributed by atoms with E-state index in [0.717, 1.165) is 54.7 Å². The fourth-order valence-electron chi connectivity index (χ4n) is 8.92. The Morgan fingerprint density at radius 1 is 1.11 bits per heavy atom. The Morgan fingerprint density at radius 2 is 1.88 bits per heavy atom. The minimum atomic E-state index is -4.57. The van der Waals surface area contributed by atoms with Crippen molar-refractivity contribution in [3.05, 3.63) is 82.1 Å². The third-order valence-electron chi connectivity index (χ3n) is 11.5. The first kappa shape index (κ1) is 41.8. The number of aromatic nitrogens is 1. The summed E-state index contributed by atoms with van der Waals surface area (Å²) in [5.41, 5.74) is 2.79. The van der Waals surface area contributed by atoms with Gasteiger partial charge in [0, 0.05) is 34.7 Å². The Morgan fingerprint density at radius 3 is 2.59 bits per heavy atom. The number of carbonyl (C=O) groups excluding carboxylic acids is 1. The van der Waals surface area contributed by atoms with Gasteiger partial charge in [-0.15, -0.1) is 0 Å². The fourth-order valence-corrected chi connectivity index (χ4v) is 9.87. The van der Waals surface area contributed by atoms with Gasteiger partial charge in [0.25, 0.3) is 0 Å². The second-order valence-electron chi connectivity index (χ2n) is 16.8. The van der Waals surface area contributed by atoms with E-state index in [-0.39, 0.29) is 30.7 Å². The lowest BCUT2D eigenvalue weighted by atomic mass is 9.59. The first-order valence-electron chi connectivity index (χ1n) is 19.6. The smallest absolute Gasteiger partial charge is 0.493 e. The highest BCUT2D eigenvalue weighted by molar-refractivity contribution is 7.47. The number of carbonyl (C=O) groups is 2. The maximum atomic E-state index is 13.1. The van der Waals surface area contributed by atoms with Crippen molar-refractivity contribution >= 4 is 37.2 Å². The zero-order valence-electron chi connectivity index (χ0n) is 32.9. The van der Waals surface area contributed by atoms with Gasteiger partial charge in [-0.25, -0.2) is 14.2 Å². The maximum absolute atomic E-state index is 13.1. The van der Waals surface area contributed by atoms with Gasteiger partial charge in [-0.3, -0.25) is 14.4 Å². The predicted molar refractivity (Wildman–Crippen MR) is 215 cm³/mol. The Balaban J connectivity index is 1.20. The molecule has 1 saturated carbocycles. The van der Waals surface area contributed by atoms with Gasteiger partial charge in [-0.2, -0.15) is 0 Å². The molecule has 56 heavy (non-hydrogen) atoms. The van der Waals surface area contributed by atoms with E-state index in [2.05, 4.69) is 29.5 Å². The number of amides is 1. The van der Waals surface area contributed by atoms with E-state index >= 15 is 0 Å². The van der Waals surface area contributed by atoms with Crippen LogP contribution in [0.4, 0.5) is 10.5 Å². The lowest BCUT2D eigenvalue weighted by molar-refractivity contribution is -0.144. The summed E-state index contributed by atoms with van der Waals surface area (Å²) in [5, 5.41) is 17.0. The number of pyridine rings is 1. The monoisotopic (exact) mass is 811 g/mol. The molecule has 2 aromatic carbocycles. The molecule has 3 aromatic rings. The maximum Gasteiger partial charge on any atom is 0.527 e. The second kappa shape index (κ2) is 16.9. The van der Waals surface area contributed by atoms with Crippen molar-refractivity contribution in [2.45, 2.75) is 115 Å². The fraction of sp³-hybridized carbons (Fsp3) is 0.548. The Hall–Kier alpha value is -3.83. The van der Waals surface area contributed by atoms with Gasteiger partial charge in [0.1, 0.15) is 22.6 Å². The Labute approximate surface area is 334 Å². The molecular formula is C42H55ClN3O9P. The number of rotatable bonds is 14. The summed E-state index contributed by atoms with van der Waals surface area (Å²) in [6, 6.07) is 14.5. The number of aryl methyl sites for hydroxylation is 1. The number of alkyl carbamates (subject to hydrolysis) is 1. The van der Waals surface area contributed by atoms with Gasteiger partial charge in [0.15, 0.2) is 0 Å². The van der Waals surface area contributed by atoms with E-state index in [1.807, 2.05) is 30.5 Å². The van der Waals surface area contributed by atoms with Crippen LogP contribution in [0.25, 0.3) is 0 Å². The topological polar surface area (TPSA) is 166 Å². The van der Waals surface area contributed by atoms with Crippen molar-refractivity contribution in [1.29, 1.82) is 0 Å². The Bertz CT molecular complexity index is 1940. The molecule has 12 nitrogen and oxygen atoms in total. The van der Waals surface area contributed by atoms with Crippen molar-refractivity contribution < 1.29 is 42.7 Å². The predicted octanol–water partition coefficient (Wildman–Crippen LogP) is 9.22. The van der Waals surface area contributed by atoms with Gasteiger partial charge in [0.05, 0.1) is 13.2 Å². The van der Waals surface area contributed by atoms with Gasteiger partial charge >= 0.3 is 19.9 Å².